The zero-order chi connectivity index (χ0) is 19.7. The van der Waals surface area contributed by atoms with Gasteiger partial charge in [-0.2, -0.15) is 13.2 Å². The van der Waals surface area contributed by atoms with Crippen molar-refractivity contribution < 1.29 is 27.4 Å². The Hall–Kier alpha value is -1.87. The van der Waals surface area contributed by atoms with Crippen LogP contribution in [-0.4, -0.2) is 67.9 Å². The molecule has 4 heterocycles. The Kier molecular flexibility index (Phi) is 5.46. The minimum absolute atomic E-state index is 0.0561. The summed E-state index contributed by atoms with van der Waals surface area (Å²) >= 11 is 0. The highest BCUT2D eigenvalue weighted by molar-refractivity contribution is 5.79. The van der Waals surface area contributed by atoms with E-state index in [-0.39, 0.29) is 36.1 Å². The van der Waals surface area contributed by atoms with Crippen LogP contribution in [0.5, 0.6) is 0 Å². The molecule has 1 amide bonds. The number of ether oxygens (including phenoxy) is 2. The molecule has 0 N–H and O–H groups in total. The van der Waals surface area contributed by atoms with Crippen molar-refractivity contribution >= 4 is 11.7 Å². The van der Waals surface area contributed by atoms with Gasteiger partial charge in [0.2, 0.25) is 5.91 Å². The first-order valence-corrected chi connectivity index (χ1v) is 9.66. The van der Waals surface area contributed by atoms with Crippen LogP contribution in [0.3, 0.4) is 0 Å². The number of alkyl halides is 3. The molecule has 0 radical (unpaired) electrons. The van der Waals surface area contributed by atoms with Crippen LogP contribution in [0.1, 0.15) is 18.4 Å². The number of pyridine rings is 1. The zero-order valence-electron chi connectivity index (χ0n) is 15.5. The van der Waals surface area contributed by atoms with Crippen LogP contribution in [0.2, 0.25) is 0 Å². The first-order valence-electron chi connectivity index (χ1n) is 9.66. The first kappa shape index (κ1) is 19.4. The minimum Gasteiger partial charge on any atom is -0.381 e. The van der Waals surface area contributed by atoms with E-state index in [1.54, 1.807) is 4.90 Å². The van der Waals surface area contributed by atoms with E-state index in [0.717, 1.165) is 6.07 Å². The summed E-state index contributed by atoms with van der Waals surface area (Å²) in [7, 11) is 0. The number of halogens is 3. The number of carbonyl (C=O) groups is 1. The van der Waals surface area contributed by atoms with Gasteiger partial charge in [0.25, 0.3) is 0 Å². The number of rotatable bonds is 2. The van der Waals surface area contributed by atoms with Crippen molar-refractivity contribution in [3.8, 4) is 0 Å². The van der Waals surface area contributed by atoms with Gasteiger partial charge in [-0.15, -0.1) is 0 Å². The quantitative estimate of drug-likeness (QED) is 0.763. The Labute approximate surface area is 161 Å². The molecule has 6 nitrogen and oxygen atoms in total. The summed E-state index contributed by atoms with van der Waals surface area (Å²) in [5.41, 5.74) is -0.738. The highest BCUT2D eigenvalue weighted by atomic mass is 19.4. The van der Waals surface area contributed by atoms with Crippen LogP contribution in [0.4, 0.5) is 19.0 Å². The van der Waals surface area contributed by atoms with Gasteiger partial charge in [0.1, 0.15) is 5.82 Å². The number of nitrogens with zero attached hydrogens (tertiary/aromatic N) is 3. The predicted molar refractivity (Wildman–Crippen MR) is 94.8 cm³/mol. The van der Waals surface area contributed by atoms with Gasteiger partial charge in [-0.05, 0) is 25.0 Å². The molecular weight excluding hydrogens is 375 g/mol. The molecule has 154 valence electrons. The molecule has 0 spiro atoms. The highest BCUT2D eigenvalue weighted by Crippen LogP contribution is 2.36. The van der Waals surface area contributed by atoms with Crippen molar-refractivity contribution in [3.05, 3.63) is 23.9 Å². The van der Waals surface area contributed by atoms with E-state index in [2.05, 4.69) is 4.98 Å². The molecule has 2 bridgehead atoms. The van der Waals surface area contributed by atoms with Gasteiger partial charge < -0.3 is 19.3 Å². The van der Waals surface area contributed by atoms with Crippen LogP contribution in [0.15, 0.2) is 18.3 Å². The average Bonchev–Trinajstić information content (AvgIpc) is 2.98. The Morgan fingerprint density at radius 3 is 2.64 bits per heavy atom. The maximum absolute atomic E-state index is 13.5. The predicted octanol–water partition coefficient (Wildman–Crippen LogP) is 2.19. The second kappa shape index (κ2) is 7.87. The van der Waals surface area contributed by atoms with Crippen molar-refractivity contribution in [2.24, 2.45) is 11.8 Å². The summed E-state index contributed by atoms with van der Waals surface area (Å²) in [6, 6.07) is 2.07. The molecular formula is C19H24F3N3O3. The molecule has 0 aliphatic carbocycles. The molecule has 28 heavy (non-hydrogen) atoms. The summed E-state index contributed by atoms with van der Waals surface area (Å²) in [6.45, 7) is 3.08. The second-order valence-corrected chi connectivity index (χ2v) is 7.71. The number of aromatic nitrogens is 1. The summed E-state index contributed by atoms with van der Waals surface area (Å²) in [4.78, 5) is 20.7. The Bertz CT molecular complexity index is 709. The zero-order valence-corrected chi connectivity index (χ0v) is 15.5. The molecule has 3 fully saturated rings. The van der Waals surface area contributed by atoms with Crippen molar-refractivity contribution in [1.82, 2.24) is 9.88 Å². The van der Waals surface area contributed by atoms with Crippen molar-refractivity contribution in [2.45, 2.75) is 25.1 Å². The third kappa shape index (κ3) is 3.96. The monoisotopic (exact) mass is 399 g/mol. The molecule has 0 saturated carbocycles. The van der Waals surface area contributed by atoms with Crippen molar-refractivity contribution in [2.75, 3.05) is 51.0 Å². The third-order valence-corrected chi connectivity index (χ3v) is 5.71. The molecule has 2 atom stereocenters. The van der Waals surface area contributed by atoms with Crippen LogP contribution in [0, 0.1) is 11.8 Å². The van der Waals surface area contributed by atoms with E-state index in [1.807, 2.05) is 4.90 Å². The molecule has 1 aromatic rings. The maximum Gasteiger partial charge on any atom is 0.419 e. The summed E-state index contributed by atoms with van der Waals surface area (Å²) in [5, 5.41) is 0. The lowest BCUT2D eigenvalue weighted by molar-refractivity contribution is -0.141. The van der Waals surface area contributed by atoms with Crippen molar-refractivity contribution in [3.63, 3.8) is 0 Å². The van der Waals surface area contributed by atoms with Crippen molar-refractivity contribution in [1.29, 1.82) is 0 Å². The van der Waals surface area contributed by atoms with E-state index >= 15 is 0 Å². The molecule has 0 unspecified atom stereocenters. The highest BCUT2D eigenvalue weighted by Gasteiger charge is 2.41. The standard InChI is InChI=1S/C19H24F3N3O3/c20-19(21,22)16-2-1-5-23-17(16)24-8-13-9-25(15(10-24)12-28-11-13)18(26)14-3-6-27-7-4-14/h1-2,5,13-15H,3-4,6-12H2/t13-,15-/m0/s1. The largest absolute Gasteiger partial charge is 0.419 e. The van der Waals surface area contributed by atoms with Crippen LogP contribution in [0.25, 0.3) is 0 Å². The summed E-state index contributed by atoms with van der Waals surface area (Å²) in [5.74, 6) is -0.128. The summed E-state index contributed by atoms with van der Waals surface area (Å²) in [6.07, 6.45) is -1.71. The van der Waals surface area contributed by atoms with Crippen LogP contribution in [-0.2, 0) is 20.4 Å². The van der Waals surface area contributed by atoms with Gasteiger partial charge in [0, 0.05) is 50.9 Å². The first-order chi connectivity index (χ1) is 13.4. The Morgan fingerprint density at radius 1 is 1.11 bits per heavy atom. The van der Waals surface area contributed by atoms with E-state index in [4.69, 9.17) is 9.47 Å². The van der Waals surface area contributed by atoms with Crippen LogP contribution >= 0.6 is 0 Å². The Morgan fingerprint density at radius 2 is 1.89 bits per heavy atom. The van der Waals surface area contributed by atoms with Gasteiger partial charge in [-0.1, -0.05) is 0 Å². The maximum atomic E-state index is 13.5. The average molecular weight is 399 g/mol. The van der Waals surface area contributed by atoms with E-state index in [0.29, 0.717) is 52.4 Å². The lowest BCUT2D eigenvalue weighted by Gasteiger charge is -2.35. The number of fused-ring (bicyclic) bond motifs is 3. The molecule has 9 heteroatoms. The van der Waals surface area contributed by atoms with E-state index in [1.165, 1.54) is 12.3 Å². The Balaban J connectivity index is 1.59. The van der Waals surface area contributed by atoms with E-state index in [9.17, 15) is 18.0 Å². The normalized spacial score (nSPS) is 26.8. The minimum atomic E-state index is -4.47. The van der Waals surface area contributed by atoms with Gasteiger partial charge in [-0.25, -0.2) is 4.98 Å². The third-order valence-electron chi connectivity index (χ3n) is 5.71. The number of amides is 1. The fraction of sp³-hybridized carbons (Fsp3) is 0.684. The lowest BCUT2D eigenvalue weighted by Crippen LogP contribution is -2.49. The number of carbonyl (C=O) groups excluding carboxylic acids is 1. The topological polar surface area (TPSA) is 54.9 Å². The SMILES string of the molecule is O=C(C1CCOCC1)N1C[C@H]2COC[C@@H]1CN(c1ncccc1C(F)(F)F)C2. The lowest BCUT2D eigenvalue weighted by atomic mass is 9.97. The van der Waals surface area contributed by atoms with E-state index < -0.39 is 11.7 Å². The summed E-state index contributed by atoms with van der Waals surface area (Å²) < 4.78 is 51.5. The molecule has 4 rings (SSSR count). The number of hydrogen-bond acceptors (Lipinski definition) is 5. The second-order valence-electron chi connectivity index (χ2n) is 7.71. The van der Waals surface area contributed by atoms with Gasteiger partial charge >= 0.3 is 6.18 Å². The number of anilines is 1. The molecule has 3 aliphatic heterocycles. The van der Waals surface area contributed by atoms with Crippen LogP contribution < -0.4 is 4.90 Å². The fourth-order valence-corrected chi connectivity index (χ4v) is 4.34. The fourth-order valence-electron chi connectivity index (χ4n) is 4.34. The van der Waals surface area contributed by atoms with Gasteiger partial charge in [0.15, 0.2) is 0 Å². The van der Waals surface area contributed by atoms with Gasteiger partial charge in [-0.3, -0.25) is 4.79 Å². The molecule has 3 saturated heterocycles. The molecule has 1 aromatic heterocycles. The molecule has 0 aromatic carbocycles. The number of hydrogen-bond donors (Lipinski definition) is 0. The van der Waals surface area contributed by atoms with Gasteiger partial charge in [0.05, 0.1) is 24.8 Å². The smallest absolute Gasteiger partial charge is 0.381 e. The molecule has 3 aliphatic rings.